The highest BCUT2D eigenvalue weighted by Gasteiger charge is 2.16. The van der Waals surface area contributed by atoms with Crippen LogP contribution in [0.3, 0.4) is 0 Å². The number of rotatable bonds is 8. The first-order chi connectivity index (χ1) is 17.1. The van der Waals surface area contributed by atoms with Gasteiger partial charge in [0.2, 0.25) is 0 Å². The molecule has 0 fully saturated rings. The fourth-order valence-electron chi connectivity index (χ4n) is 3.98. The van der Waals surface area contributed by atoms with Gasteiger partial charge in [0.05, 0.1) is 0 Å². The van der Waals surface area contributed by atoms with E-state index in [4.69, 9.17) is 5.73 Å². The second-order valence-corrected chi connectivity index (χ2v) is 8.18. The van der Waals surface area contributed by atoms with Gasteiger partial charge in [-0.25, -0.2) is 0 Å². The second-order valence-electron chi connectivity index (χ2n) is 8.18. The molecule has 0 aliphatic rings. The zero-order valence-corrected chi connectivity index (χ0v) is 19.9. The third-order valence-corrected chi connectivity index (χ3v) is 5.75. The highest BCUT2D eigenvalue weighted by molar-refractivity contribution is 6.15. The van der Waals surface area contributed by atoms with Gasteiger partial charge in [-0.2, -0.15) is 0 Å². The summed E-state index contributed by atoms with van der Waals surface area (Å²) in [6, 6.07) is 26.9. The third kappa shape index (κ3) is 6.71. The first-order valence-electron chi connectivity index (χ1n) is 11.6. The van der Waals surface area contributed by atoms with Crippen molar-refractivity contribution in [1.29, 1.82) is 0 Å². The molecule has 0 aromatic heterocycles. The highest BCUT2D eigenvalue weighted by Crippen LogP contribution is 2.28. The number of nitrogens with two attached hydrogens (primary N) is 1. The Morgan fingerprint density at radius 1 is 0.743 bits per heavy atom. The first-order valence-corrected chi connectivity index (χ1v) is 11.6. The Hall–Kier alpha value is -4.09. The molecule has 4 aromatic rings. The number of hydrogen-bond donors (Lipinski definition) is 2. The molecule has 35 heavy (non-hydrogen) atoms. The maximum absolute atomic E-state index is 12.7. The van der Waals surface area contributed by atoms with E-state index in [2.05, 4.69) is 17.4 Å². The zero-order chi connectivity index (χ0) is 25.0. The molecule has 178 valence electrons. The lowest BCUT2D eigenvalue weighted by Gasteiger charge is -2.13. The minimum Gasteiger partial charge on any atom is -0.352 e. The number of carbonyl (C=O) groups excluding carboxylic acids is 3. The van der Waals surface area contributed by atoms with Gasteiger partial charge in [0.1, 0.15) is 0 Å². The summed E-state index contributed by atoms with van der Waals surface area (Å²) in [6.07, 6.45) is 3.15. The topological polar surface area (TPSA) is 89.3 Å². The predicted octanol–water partition coefficient (Wildman–Crippen LogP) is 4.93. The van der Waals surface area contributed by atoms with Gasteiger partial charge in [-0.05, 0) is 54.5 Å². The largest absolute Gasteiger partial charge is 0.352 e. The Bertz CT molecular complexity index is 1270. The molecule has 0 aliphatic heterocycles. The van der Waals surface area contributed by atoms with Gasteiger partial charge in [-0.15, -0.1) is 0 Å². The Balaban J connectivity index is 0.000000320. The molecular weight excluding hydrogens is 436 g/mol. The number of aryl methyl sites for hydroxylation is 1. The fourth-order valence-corrected chi connectivity index (χ4v) is 3.98. The summed E-state index contributed by atoms with van der Waals surface area (Å²) in [4.78, 5) is 35.5. The minimum atomic E-state index is -0.213. The Kier molecular flexibility index (Phi) is 9.46. The van der Waals surface area contributed by atoms with E-state index >= 15 is 0 Å². The molecule has 0 heterocycles. The summed E-state index contributed by atoms with van der Waals surface area (Å²) in [6.45, 7) is 3.11. The quantitative estimate of drug-likeness (QED) is 0.360. The summed E-state index contributed by atoms with van der Waals surface area (Å²) in [7, 11) is 0. The maximum Gasteiger partial charge on any atom is 0.251 e. The van der Waals surface area contributed by atoms with E-state index < -0.39 is 0 Å². The molecule has 4 aromatic carbocycles. The lowest BCUT2D eigenvalue weighted by Crippen LogP contribution is -2.26. The summed E-state index contributed by atoms with van der Waals surface area (Å²) in [5.41, 5.74) is 9.97. The van der Waals surface area contributed by atoms with Crippen LogP contribution in [-0.2, 0) is 12.8 Å². The van der Waals surface area contributed by atoms with Crippen LogP contribution in [0.4, 0.5) is 0 Å². The van der Waals surface area contributed by atoms with Crippen molar-refractivity contribution >= 4 is 29.3 Å². The van der Waals surface area contributed by atoms with Crippen LogP contribution < -0.4 is 11.1 Å². The lowest BCUT2D eigenvalue weighted by atomic mass is 9.92. The number of aldehydes is 2. The van der Waals surface area contributed by atoms with Crippen LogP contribution in [-0.4, -0.2) is 31.6 Å². The van der Waals surface area contributed by atoms with Gasteiger partial charge in [-0.3, -0.25) is 14.4 Å². The number of hydrogen-bond acceptors (Lipinski definition) is 4. The normalized spacial score (nSPS) is 10.2. The number of fused-ring (bicyclic) bond motifs is 1. The number of benzene rings is 4. The Morgan fingerprint density at radius 2 is 1.29 bits per heavy atom. The minimum absolute atomic E-state index is 0.213. The Labute approximate surface area is 206 Å². The molecule has 4 rings (SSSR count). The lowest BCUT2D eigenvalue weighted by molar-refractivity contribution is 0.0954. The van der Waals surface area contributed by atoms with E-state index in [0.717, 1.165) is 30.5 Å². The molecule has 0 aliphatic carbocycles. The van der Waals surface area contributed by atoms with E-state index in [1.165, 1.54) is 5.56 Å². The molecule has 5 nitrogen and oxygen atoms in total. The smallest absolute Gasteiger partial charge is 0.251 e. The summed E-state index contributed by atoms with van der Waals surface area (Å²) in [5.74, 6) is -0.213. The van der Waals surface area contributed by atoms with Crippen molar-refractivity contribution < 1.29 is 14.4 Å². The van der Waals surface area contributed by atoms with E-state index in [1.54, 1.807) is 24.3 Å². The van der Waals surface area contributed by atoms with E-state index in [-0.39, 0.29) is 5.91 Å². The molecule has 5 heteroatoms. The van der Waals surface area contributed by atoms with Gasteiger partial charge >= 0.3 is 0 Å². The molecule has 0 saturated heterocycles. The van der Waals surface area contributed by atoms with Crippen molar-refractivity contribution in [3.05, 3.63) is 118 Å². The van der Waals surface area contributed by atoms with Crippen LogP contribution >= 0.6 is 0 Å². The van der Waals surface area contributed by atoms with Crippen molar-refractivity contribution in [2.45, 2.75) is 19.8 Å². The van der Waals surface area contributed by atoms with Crippen LogP contribution in [0, 0.1) is 6.92 Å². The summed E-state index contributed by atoms with van der Waals surface area (Å²) < 4.78 is 0. The highest BCUT2D eigenvalue weighted by atomic mass is 16.1. The van der Waals surface area contributed by atoms with E-state index in [9.17, 15) is 14.4 Å². The average Bonchev–Trinajstić information content (AvgIpc) is 2.90. The van der Waals surface area contributed by atoms with Gasteiger partial charge in [-0.1, -0.05) is 78.9 Å². The SMILES string of the molecule is Cc1ccc(C=O)c2c(C=O)ccc(C(=O)NCCc3ccccc3)c12.NCCc1ccccc1. The van der Waals surface area contributed by atoms with Crippen LogP contribution in [0.2, 0.25) is 0 Å². The molecule has 0 radical (unpaired) electrons. The van der Waals surface area contributed by atoms with Crippen LogP contribution in [0.15, 0.2) is 84.9 Å². The van der Waals surface area contributed by atoms with Crippen LogP contribution in [0.1, 0.15) is 47.8 Å². The number of nitrogens with one attached hydrogen (secondary N) is 1. The van der Waals surface area contributed by atoms with Crippen LogP contribution in [0.5, 0.6) is 0 Å². The number of amides is 1. The fraction of sp³-hybridized carbons (Fsp3) is 0.167. The second kappa shape index (κ2) is 13.0. The first kappa shape index (κ1) is 25.5. The number of carbonyl (C=O) groups is 3. The predicted molar refractivity (Wildman–Crippen MR) is 141 cm³/mol. The molecular formula is C30H30N2O3. The monoisotopic (exact) mass is 466 g/mol. The van der Waals surface area contributed by atoms with E-state index in [0.29, 0.717) is 46.6 Å². The van der Waals surface area contributed by atoms with Crippen molar-refractivity contribution in [2.75, 3.05) is 13.1 Å². The molecule has 0 saturated carbocycles. The van der Waals surface area contributed by atoms with Crippen LogP contribution in [0.25, 0.3) is 10.8 Å². The zero-order valence-electron chi connectivity index (χ0n) is 19.9. The van der Waals surface area contributed by atoms with Crippen molar-refractivity contribution in [1.82, 2.24) is 5.32 Å². The third-order valence-electron chi connectivity index (χ3n) is 5.75. The van der Waals surface area contributed by atoms with Crippen molar-refractivity contribution in [3.8, 4) is 0 Å². The summed E-state index contributed by atoms with van der Waals surface area (Å²) >= 11 is 0. The standard InChI is InChI=1S/C22H19NO3.C8H11N/c1-15-7-8-17(13-24)21-18(14-25)9-10-19(20(15)21)22(26)23-12-11-16-5-3-2-4-6-16;9-7-6-8-4-2-1-3-5-8/h2-10,13-14H,11-12H2,1H3,(H,23,26);1-5H,6-7,9H2. The van der Waals surface area contributed by atoms with E-state index in [1.807, 2.05) is 55.5 Å². The van der Waals surface area contributed by atoms with Crippen molar-refractivity contribution in [2.24, 2.45) is 5.73 Å². The Morgan fingerprint density at radius 3 is 1.83 bits per heavy atom. The molecule has 0 bridgehead atoms. The van der Waals surface area contributed by atoms with Gasteiger partial charge < -0.3 is 11.1 Å². The van der Waals surface area contributed by atoms with Gasteiger partial charge in [0.25, 0.3) is 5.91 Å². The summed E-state index contributed by atoms with van der Waals surface area (Å²) in [5, 5.41) is 4.11. The molecule has 0 unspecified atom stereocenters. The molecule has 0 atom stereocenters. The van der Waals surface area contributed by atoms with Gasteiger partial charge in [0, 0.05) is 28.6 Å². The van der Waals surface area contributed by atoms with Crippen molar-refractivity contribution in [3.63, 3.8) is 0 Å². The van der Waals surface area contributed by atoms with Gasteiger partial charge in [0.15, 0.2) is 12.6 Å². The maximum atomic E-state index is 12.7. The molecule has 0 spiro atoms. The average molecular weight is 467 g/mol. The molecule has 3 N–H and O–H groups in total. The molecule has 1 amide bonds.